The van der Waals surface area contributed by atoms with E-state index in [0.717, 1.165) is 12.8 Å². The van der Waals surface area contributed by atoms with Crippen molar-refractivity contribution in [2.24, 2.45) is 5.84 Å². The summed E-state index contributed by atoms with van der Waals surface area (Å²) >= 11 is 0. The SMILES string of the molecule is CCCCOC(=O)c1ccc2cc(O)c(C(=O)NN)cc2c1. The van der Waals surface area contributed by atoms with Gasteiger partial charge in [-0.1, -0.05) is 19.4 Å². The Kier molecular flexibility index (Phi) is 4.95. The van der Waals surface area contributed by atoms with Crippen LogP contribution >= 0.6 is 0 Å². The number of phenols is 1. The Hall–Kier alpha value is -2.60. The molecule has 0 atom stereocenters. The molecule has 4 N–H and O–H groups in total. The molecule has 0 radical (unpaired) electrons. The first-order chi connectivity index (χ1) is 10.6. The van der Waals surface area contributed by atoms with Crippen LogP contribution in [-0.4, -0.2) is 23.6 Å². The van der Waals surface area contributed by atoms with Gasteiger partial charge in [0.2, 0.25) is 0 Å². The molecule has 6 heteroatoms. The molecule has 0 aliphatic carbocycles. The van der Waals surface area contributed by atoms with Gasteiger partial charge in [0.25, 0.3) is 5.91 Å². The lowest BCUT2D eigenvalue weighted by atomic mass is 10.0. The summed E-state index contributed by atoms with van der Waals surface area (Å²) in [4.78, 5) is 23.5. The Morgan fingerprint density at radius 1 is 1.23 bits per heavy atom. The smallest absolute Gasteiger partial charge is 0.338 e. The number of hydrazine groups is 1. The minimum atomic E-state index is -0.602. The summed E-state index contributed by atoms with van der Waals surface area (Å²) < 4.78 is 5.15. The molecule has 0 aliphatic rings. The number of ether oxygens (including phenoxy) is 1. The number of aromatic hydroxyl groups is 1. The van der Waals surface area contributed by atoms with Gasteiger partial charge in [0.1, 0.15) is 5.75 Å². The molecule has 0 bridgehead atoms. The number of amides is 1. The molecule has 1 amide bonds. The average Bonchev–Trinajstić information content (AvgIpc) is 2.53. The highest BCUT2D eigenvalue weighted by Gasteiger charge is 2.13. The number of carbonyl (C=O) groups excluding carboxylic acids is 2. The molecular weight excluding hydrogens is 284 g/mol. The zero-order valence-electron chi connectivity index (χ0n) is 12.3. The second-order valence-corrected chi connectivity index (χ2v) is 4.89. The first-order valence-corrected chi connectivity index (χ1v) is 7.01. The predicted molar refractivity (Wildman–Crippen MR) is 82.5 cm³/mol. The number of nitrogen functional groups attached to an aromatic ring is 1. The largest absolute Gasteiger partial charge is 0.507 e. The number of unbranched alkanes of at least 4 members (excludes halogenated alkanes) is 1. The van der Waals surface area contributed by atoms with Gasteiger partial charge in [-0.3, -0.25) is 10.2 Å². The van der Waals surface area contributed by atoms with E-state index in [-0.39, 0.29) is 11.3 Å². The fraction of sp³-hybridized carbons (Fsp3) is 0.250. The van der Waals surface area contributed by atoms with Crippen molar-refractivity contribution in [2.45, 2.75) is 19.8 Å². The lowest BCUT2D eigenvalue weighted by Gasteiger charge is -2.08. The lowest BCUT2D eigenvalue weighted by molar-refractivity contribution is 0.0500. The van der Waals surface area contributed by atoms with Crippen LogP contribution in [0.1, 0.15) is 40.5 Å². The van der Waals surface area contributed by atoms with Gasteiger partial charge in [-0.25, -0.2) is 10.6 Å². The molecule has 0 saturated carbocycles. The maximum absolute atomic E-state index is 11.9. The first-order valence-electron chi connectivity index (χ1n) is 7.01. The van der Waals surface area contributed by atoms with E-state index in [2.05, 4.69) is 0 Å². The number of fused-ring (bicyclic) bond motifs is 1. The van der Waals surface area contributed by atoms with Crippen LogP contribution in [-0.2, 0) is 4.74 Å². The van der Waals surface area contributed by atoms with E-state index in [9.17, 15) is 14.7 Å². The molecule has 2 aromatic carbocycles. The number of nitrogens with one attached hydrogen (secondary N) is 1. The van der Waals surface area contributed by atoms with E-state index in [0.29, 0.717) is 22.9 Å². The molecule has 0 aromatic heterocycles. The number of nitrogens with two attached hydrogens (primary N) is 1. The highest BCUT2D eigenvalue weighted by Crippen LogP contribution is 2.26. The lowest BCUT2D eigenvalue weighted by Crippen LogP contribution is -2.30. The molecular formula is C16H18N2O4. The van der Waals surface area contributed by atoms with Crippen LogP contribution in [0.5, 0.6) is 5.75 Å². The van der Waals surface area contributed by atoms with Crippen molar-refractivity contribution >= 4 is 22.6 Å². The molecule has 2 rings (SSSR count). The summed E-state index contributed by atoms with van der Waals surface area (Å²) in [5, 5.41) is 11.2. The number of hydrogen-bond acceptors (Lipinski definition) is 5. The molecule has 0 unspecified atom stereocenters. The third-order valence-electron chi connectivity index (χ3n) is 3.30. The standard InChI is InChI=1S/C16H18N2O4/c1-2-3-6-22-16(21)11-5-4-10-9-14(19)13(15(20)18-17)8-12(10)7-11/h4-5,7-9,19H,2-3,6,17H2,1H3,(H,18,20). The minimum absolute atomic E-state index is 0.0477. The fourth-order valence-corrected chi connectivity index (χ4v) is 2.06. The second-order valence-electron chi connectivity index (χ2n) is 4.89. The maximum Gasteiger partial charge on any atom is 0.338 e. The maximum atomic E-state index is 11.9. The molecule has 0 heterocycles. The van der Waals surface area contributed by atoms with E-state index in [4.69, 9.17) is 10.6 Å². The summed E-state index contributed by atoms with van der Waals surface area (Å²) in [6.07, 6.45) is 1.76. The number of rotatable bonds is 5. The second kappa shape index (κ2) is 6.91. The average molecular weight is 302 g/mol. The van der Waals surface area contributed by atoms with Gasteiger partial charge in [0.05, 0.1) is 17.7 Å². The Morgan fingerprint density at radius 2 is 2.00 bits per heavy atom. The number of esters is 1. The summed E-state index contributed by atoms with van der Waals surface area (Å²) in [6, 6.07) is 7.87. The summed E-state index contributed by atoms with van der Waals surface area (Å²) in [5.74, 6) is 3.90. The van der Waals surface area contributed by atoms with Crippen LogP contribution in [0.3, 0.4) is 0 Å². The minimum Gasteiger partial charge on any atom is -0.507 e. The molecule has 0 aliphatic heterocycles. The monoisotopic (exact) mass is 302 g/mol. The topological polar surface area (TPSA) is 102 Å². The van der Waals surface area contributed by atoms with Crippen molar-refractivity contribution in [1.82, 2.24) is 5.43 Å². The number of carbonyl (C=O) groups is 2. The quantitative estimate of drug-likeness (QED) is 0.258. The molecule has 22 heavy (non-hydrogen) atoms. The molecule has 6 nitrogen and oxygen atoms in total. The first kappa shape index (κ1) is 15.8. The third-order valence-corrected chi connectivity index (χ3v) is 3.30. The van der Waals surface area contributed by atoms with E-state index < -0.39 is 11.9 Å². The molecule has 0 fully saturated rings. The van der Waals surface area contributed by atoms with Gasteiger partial charge in [0.15, 0.2) is 0 Å². The third kappa shape index (κ3) is 3.35. The summed E-state index contributed by atoms with van der Waals surface area (Å²) in [6.45, 7) is 2.39. The van der Waals surface area contributed by atoms with Crippen LogP contribution in [0.25, 0.3) is 10.8 Å². The Bertz CT molecular complexity index is 713. The number of phenolic OH excluding ortho intramolecular Hbond substituents is 1. The Balaban J connectivity index is 2.34. The van der Waals surface area contributed by atoms with E-state index in [1.807, 2.05) is 12.3 Å². The zero-order chi connectivity index (χ0) is 16.1. The highest BCUT2D eigenvalue weighted by atomic mass is 16.5. The van der Waals surface area contributed by atoms with E-state index >= 15 is 0 Å². The zero-order valence-corrected chi connectivity index (χ0v) is 12.3. The van der Waals surface area contributed by atoms with Gasteiger partial charge in [0, 0.05) is 0 Å². The molecule has 2 aromatic rings. The Labute approximate surface area is 127 Å². The van der Waals surface area contributed by atoms with Crippen LogP contribution in [0.2, 0.25) is 0 Å². The number of benzene rings is 2. The van der Waals surface area contributed by atoms with Crippen LogP contribution in [0, 0.1) is 0 Å². The van der Waals surface area contributed by atoms with Crippen molar-refractivity contribution < 1.29 is 19.4 Å². The van der Waals surface area contributed by atoms with Gasteiger partial charge in [-0.2, -0.15) is 0 Å². The van der Waals surface area contributed by atoms with Crippen molar-refractivity contribution in [3.63, 3.8) is 0 Å². The predicted octanol–water partition coefficient (Wildman–Crippen LogP) is 2.11. The van der Waals surface area contributed by atoms with Crippen molar-refractivity contribution in [1.29, 1.82) is 0 Å². The van der Waals surface area contributed by atoms with Crippen molar-refractivity contribution in [3.05, 3.63) is 41.5 Å². The van der Waals surface area contributed by atoms with E-state index in [1.165, 1.54) is 12.1 Å². The van der Waals surface area contributed by atoms with Crippen LogP contribution < -0.4 is 11.3 Å². The van der Waals surface area contributed by atoms with Gasteiger partial charge in [-0.05, 0) is 41.5 Å². The molecule has 0 saturated heterocycles. The Morgan fingerprint density at radius 3 is 2.68 bits per heavy atom. The van der Waals surface area contributed by atoms with Crippen LogP contribution in [0.4, 0.5) is 0 Å². The fourth-order valence-electron chi connectivity index (χ4n) is 2.06. The van der Waals surface area contributed by atoms with E-state index in [1.54, 1.807) is 18.2 Å². The van der Waals surface area contributed by atoms with Crippen molar-refractivity contribution in [3.8, 4) is 5.75 Å². The van der Waals surface area contributed by atoms with Gasteiger partial charge in [-0.15, -0.1) is 0 Å². The van der Waals surface area contributed by atoms with Crippen molar-refractivity contribution in [2.75, 3.05) is 6.61 Å². The summed E-state index contributed by atoms with van der Waals surface area (Å²) in [5.41, 5.74) is 2.41. The van der Waals surface area contributed by atoms with Gasteiger partial charge < -0.3 is 9.84 Å². The molecule has 116 valence electrons. The van der Waals surface area contributed by atoms with Gasteiger partial charge >= 0.3 is 5.97 Å². The highest BCUT2D eigenvalue weighted by molar-refractivity contribution is 6.02. The number of hydrogen-bond donors (Lipinski definition) is 3. The molecule has 0 spiro atoms. The van der Waals surface area contributed by atoms with Crippen LogP contribution in [0.15, 0.2) is 30.3 Å². The normalized spacial score (nSPS) is 10.5. The summed E-state index contributed by atoms with van der Waals surface area (Å²) in [7, 11) is 0.